The van der Waals surface area contributed by atoms with Crippen LogP contribution in [0.2, 0.25) is 0 Å². The molecule has 3 rings (SSSR count). The van der Waals surface area contributed by atoms with E-state index in [1.54, 1.807) is 6.08 Å². The molecular weight excluding hydrogens is 392 g/mol. The van der Waals surface area contributed by atoms with Gasteiger partial charge in [0.15, 0.2) is 5.11 Å². The van der Waals surface area contributed by atoms with Gasteiger partial charge in [-0.05, 0) is 62.0 Å². The molecular formula is C21H22N2O3S2. The summed E-state index contributed by atoms with van der Waals surface area (Å²) < 4.78 is 4.95. The number of thiocarbonyl (C=S) groups is 1. The van der Waals surface area contributed by atoms with E-state index in [-0.39, 0.29) is 17.0 Å². The van der Waals surface area contributed by atoms with Gasteiger partial charge in [-0.15, -0.1) is 11.3 Å². The minimum Gasteiger partial charge on any atom is -0.465 e. The van der Waals surface area contributed by atoms with E-state index >= 15 is 0 Å². The summed E-state index contributed by atoms with van der Waals surface area (Å²) in [5, 5.41) is 6.41. The van der Waals surface area contributed by atoms with Crippen molar-refractivity contribution in [2.75, 3.05) is 12.4 Å². The lowest BCUT2D eigenvalue weighted by atomic mass is 9.95. The lowest BCUT2D eigenvalue weighted by Gasteiger charge is -2.12. The summed E-state index contributed by atoms with van der Waals surface area (Å²) in [7, 11) is 1.37. The van der Waals surface area contributed by atoms with Crippen molar-refractivity contribution in [3.05, 3.63) is 57.5 Å². The third-order valence-electron chi connectivity index (χ3n) is 4.53. The molecule has 1 aromatic carbocycles. The number of benzene rings is 1. The molecule has 7 heteroatoms. The summed E-state index contributed by atoms with van der Waals surface area (Å²) in [5.41, 5.74) is 3.67. The van der Waals surface area contributed by atoms with E-state index in [9.17, 15) is 9.59 Å². The van der Waals surface area contributed by atoms with Gasteiger partial charge in [0.25, 0.3) is 0 Å². The van der Waals surface area contributed by atoms with Crippen molar-refractivity contribution >= 4 is 51.6 Å². The normalized spacial score (nSPS) is 13.1. The average molecular weight is 415 g/mol. The fourth-order valence-corrected chi connectivity index (χ4v) is 4.66. The monoisotopic (exact) mass is 414 g/mol. The molecule has 2 N–H and O–H groups in total. The number of ether oxygens (including phenoxy) is 1. The molecule has 1 heterocycles. The van der Waals surface area contributed by atoms with Crippen molar-refractivity contribution in [1.29, 1.82) is 0 Å². The third kappa shape index (κ3) is 4.85. The zero-order chi connectivity index (χ0) is 20.1. The number of aryl methyl sites for hydroxylation is 2. The minimum absolute atomic E-state index is 0.155. The topological polar surface area (TPSA) is 67.4 Å². The molecule has 1 aromatic heterocycles. The van der Waals surface area contributed by atoms with Crippen LogP contribution in [0.5, 0.6) is 0 Å². The van der Waals surface area contributed by atoms with E-state index in [0.29, 0.717) is 10.6 Å². The van der Waals surface area contributed by atoms with Gasteiger partial charge in [0, 0.05) is 11.0 Å². The number of amides is 1. The Bertz CT molecular complexity index is 930. The van der Waals surface area contributed by atoms with Crippen LogP contribution in [-0.4, -0.2) is 24.1 Å². The Balaban J connectivity index is 1.67. The molecule has 1 amide bonds. The first kappa shape index (κ1) is 20.2. The van der Waals surface area contributed by atoms with Crippen molar-refractivity contribution in [2.45, 2.75) is 32.6 Å². The highest BCUT2D eigenvalue weighted by Gasteiger charge is 2.26. The smallest absolute Gasteiger partial charge is 0.341 e. The first-order valence-electron chi connectivity index (χ1n) is 9.07. The molecule has 0 saturated carbocycles. The van der Waals surface area contributed by atoms with Gasteiger partial charge in [-0.2, -0.15) is 0 Å². The Morgan fingerprint density at radius 1 is 1.18 bits per heavy atom. The van der Waals surface area contributed by atoms with Crippen molar-refractivity contribution in [3.63, 3.8) is 0 Å². The molecule has 2 aromatic rings. The lowest BCUT2D eigenvalue weighted by Crippen LogP contribution is -2.33. The van der Waals surface area contributed by atoms with Gasteiger partial charge >= 0.3 is 5.97 Å². The second-order valence-electron chi connectivity index (χ2n) is 6.59. The fourth-order valence-electron chi connectivity index (χ4n) is 3.11. The van der Waals surface area contributed by atoms with E-state index < -0.39 is 0 Å². The molecule has 1 aliphatic rings. The Labute approximate surface area is 173 Å². The molecule has 0 bridgehead atoms. The molecule has 28 heavy (non-hydrogen) atoms. The molecule has 0 aliphatic heterocycles. The summed E-state index contributed by atoms with van der Waals surface area (Å²) in [6.45, 7) is 2.01. The number of fused-ring (bicyclic) bond motifs is 1. The number of rotatable bonds is 4. The van der Waals surface area contributed by atoms with Gasteiger partial charge in [0.1, 0.15) is 5.00 Å². The number of nitrogens with one attached hydrogen (secondary N) is 2. The van der Waals surface area contributed by atoms with Gasteiger partial charge in [-0.1, -0.05) is 29.8 Å². The molecule has 0 fully saturated rings. The SMILES string of the molecule is COC(=O)c1c(NC(=S)NC(=O)C=Cc2ccc(C)cc2)sc2c1CCCC2. The Morgan fingerprint density at radius 2 is 1.89 bits per heavy atom. The highest BCUT2D eigenvalue weighted by atomic mass is 32.1. The molecule has 0 radical (unpaired) electrons. The maximum absolute atomic E-state index is 12.3. The number of anilines is 1. The zero-order valence-electron chi connectivity index (χ0n) is 15.8. The Hall–Kier alpha value is -2.51. The number of hydrogen-bond donors (Lipinski definition) is 2. The molecule has 146 valence electrons. The van der Waals surface area contributed by atoms with Crippen molar-refractivity contribution < 1.29 is 14.3 Å². The van der Waals surface area contributed by atoms with Gasteiger partial charge in [-0.3, -0.25) is 10.1 Å². The van der Waals surface area contributed by atoms with Crippen molar-refractivity contribution in [1.82, 2.24) is 5.32 Å². The molecule has 0 atom stereocenters. The number of hydrogen-bond acceptors (Lipinski definition) is 5. The predicted octanol–water partition coefficient (Wildman–Crippen LogP) is 4.25. The third-order valence-corrected chi connectivity index (χ3v) is 5.94. The number of methoxy groups -OCH3 is 1. The van der Waals surface area contributed by atoms with E-state index in [0.717, 1.165) is 42.4 Å². The van der Waals surface area contributed by atoms with Crippen LogP contribution in [-0.2, 0) is 22.4 Å². The summed E-state index contributed by atoms with van der Waals surface area (Å²) in [5.74, 6) is -0.714. The second-order valence-corrected chi connectivity index (χ2v) is 8.11. The predicted molar refractivity (Wildman–Crippen MR) is 117 cm³/mol. The molecule has 1 aliphatic carbocycles. The molecule has 0 unspecified atom stereocenters. The summed E-state index contributed by atoms with van der Waals surface area (Å²) >= 11 is 6.76. The van der Waals surface area contributed by atoms with Crippen LogP contribution in [0.4, 0.5) is 5.00 Å². The molecule has 0 spiro atoms. The van der Waals surface area contributed by atoms with Crippen LogP contribution in [0.3, 0.4) is 0 Å². The number of carbonyl (C=O) groups is 2. The molecule has 5 nitrogen and oxygen atoms in total. The summed E-state index contributed by atoms with van der Waals surface area (Å²) in [6.07, 6.45) is 7.12. The van der Waals surface area contributed by atoms with Crippen LogP contribution < -0.4 is 10.6 Å². The van der Waals surface area contributed by atoms with Gasteiger partial charge in [0.05, 0.1) is 12.7 Å². The number of carbonyl (C=O) groups excluding carboxylic acids is 2. The van der Waals surface area contributed by atoms with Gasteiger partial charge in [0.2, 0.25) is 5.91 Å². The Morgan fingerprint density at radius 3 is 2.61 bits per heavy atom. The minimum atomic E-state index is -0.379. The highest BCUT2D eigenvalue weighted by molar-refractivity contribution is 7.80. The van der Waals surface area contributed by atoms with E-state index in [1.165, 1.54) is 29.4 Å². The first-order valence-corrected chi connectivity index (χ1v) is 10.3. The van der Waals surface area contributed by atoms with E-state index in [2.05, 4.69) is 10.6 Å². The summed E-state index contributed by atoms with van der Waals surface area (Å²) in [6, 6.07) is 7.84. The average Bonchev–Trinajstić information content (AvgIpc) is 3.04. The second kappa shape index (κ2) is 9.12. The van der Waals surface area contributed by atoms with Crippen LogP contribution in [0.1, 0.15) is 44.8 Å². The quantitative estimate of drug-likeness (QED) is 0.445. The van der Waals surface area contributed by atoms with E-state index in [1.807, 2.05) is 31.2 Å². The van der Waals surface area contributed by atoms with Crippen LogP contribution in [0.15, 0.2) is 30.3 Å². The highest BCUT2D eigenvalue weighted by Crippen LogP contribution is 2.38. The van der Waals surface area contributed by atoms with Crippen LogP contribution in [0, 0.1) is 6.92 Å². The van der Waals surface area contributed by atoms with E-state index in [4.69, 9.17) is 17.0 Å². The number of thiophene rings is 1. The zero-order valence-corrected chi connectivity index (χ0v) is 17.5. The van der Waals surface area contributed by atoms with Crippen LogP contribution in [0.25, 0.3) is 6.08 Å². The maximum atomic E-state index is 12.3. The van der Waals surface area contributed by atoms with Crippen molar-refractivity contribution in [3.8, 4) is 0 Å². The summed E-state index contributed by atoms with van der Waals surface area (Å²) in [4.78, 5) is 25.6. The maximum Gasteiger partial charge on any atom is 0.341 e. The largest absolute Gasteiger partial charge is 0.465 e. The van der Waals surface area contributed by atoms with Gasteiger partial charge < -0.3 is 10.1 Å². The van der Waals surface area contributed by atoms with Gasteiger partial charge in [-0.25, -0.2) is 4.79 Å². The van der Waals surface area contributed by atoms with Crippen molar-refractivity contribution in [2.24, 2.45) is 0 Å². The standard InChI is InChI=1S/C21H22N2O3S2/c1-13-7-9-14(10-8-13)11-12-17(24)22-21(27)23-19-18(20(25)26-2)15-5-3-4-6-16(15)28-19/h7-12H,3-6H2,1-2H3,(H2,22,23,24,27). The number of esters is 1. The first-order chi connectivity index (χ1) is 13.5. The van der Waals surface area contributed by atoms with Crippen LogP contribution >= 0.6 is 23.6 Å². The Kier molecular flexibility index (Phi) is 6.59. The lowest BCUT2D eigenvalue weighted by molar-refractivity contribution is -0.115. The molecule has 0 saturated heterocycles. The fraction of sp³-hybridized carbons (Fsp3) is 0.286.